The standard InChI is InChI=1S/C21H21N3O3/c1-12-10-13(2)16(15(26)11-12)18-17-19(23-22-18)21(27)24(8-9-25)20(17)14-6-4-3-5-7-14/h3-7,10-11,20,25-26H,8-9H2,1-2H3,(H,22,23). The molecule has 6 heteroatoms. The molecule has 2 heterocycles. The van der Waals surface area contributed by atoms with Gasteiger partial charge < -0.3 is 15.1 Å². The van der Waals surface area contributed by atoms with Crippen molar-refractivity contribution < 1.29 is 15.0 Å². The van der Waals surface area contributed by atoms with Gasteiger partial charge in [0.25, 0.3) is 5.91 Å². The molecule has 1 aliphatic heterocycles. The zero-order chi connectivity index (χ0) is 19.1. The van der Waals surface area contributed by atoms with Gasteiger partial charge in [0.05, 0.1) is 12.6 Å². The number of aromatic amines is 1. The minimum Gasteiger partial charge on any atom is -0.507 e. The van der Waals surface area contributed by atoms with E-state index in [4.69, 9.17) is 0 Å². The maximum absolute atomic E-state index is 12.9. The topological polar surface area (TPSA) is 89.5 Å². The van der Waals surface area contributed by atoms with E-state index in [-0.39, 0.29) is 30.9 Å². The number of carbonyl (C=O) groups is 1. The quantitative estimate of drug-likeness (QED) is 0.665. The highest BCUT2D eigenvalue weighted by molar-refractivity contribution is 6.00. The molecule has 6 nitrogen and oxygen atoms in total. The van der Waals surface area contributed by atoms with Crippen LogP contribution in [-0.2, 0) is 0 Å². The summed E-state index contributed by atoms with van der Waals surface area (Å²) >= 11 is 0. The molecule has 138 valence electrons. The highest BCUT2D eigenvalue weighted by atomic mass is 16.3. The van der Waals surface area contributed by atoms with E-state index in [0.717, 1.165) is 22.3 Å². The van der Waals surface area contributed by atoms with E-state index in [1.54, 1.807) is 11.0 Å². The van der Waals surface area contributed by atoms with E-state index in [1.807, 2.05) is 50.2 Å². The van der Waals surface area contributed by atoms with Crippen LogP contribution in [0.1, 0.15) is 38.8 Å². The van der Waals surface area contributed by atoms with Crippen LogP contribution >= 0.6 is 0 Å². The van der Waals surface area contributed by atoms with E-state index >= 15 is 0 Å². The summed E-state index contributed by atoms with van der Waals surface area (Å²) in [5.74, 6) is -0.0578. The first kappa shape index (κ1) is 17.3. The molecule has 0 bridgehead atoms. The molecule has 2 aromatic carbocycles. The van der Waals surface area contributed by atoms with Crippen molar-refractivity contribution in [2.45, 2.75) is 19.9 Å². The molecule has 4 rings (SSSR count). The number of carbonyl (C=O) groups excluding carboxylic acids is 1. The number of aryl methyl sites for hydroxylation is 2. The number of aliphatic hydroxyl groups is 1. The van der Waals surface area contributed by atoms with Crippen LogP contribution in [0, 0.1) is 13.8 Å². The second-order valence-corrected chi connectivity index (χ2v) is 6.87. The van der Waals surface area contributed by atoms with Gasteiger partial charge in [-0.25, -0.2) is 0 Å². The number of aliphatic hydroxyl groups excluding tert-OH is 1. The molecule has 27 heavy (non-hydrogen) atoms. The van der Waals surface area contributed by atoms with Crippen molar-refractivity contribution >= 4 is 5.91 Å². The summed E-state index contributed by atoms with van der Waals surface area (Å²) in [7, 11) is 0. The van der Waals surface area contributed by atoms with Gasteiger partial charge in [-0.2, -0.15) is 5.10 Å². The van der Waals surface area contributed by atoms with Crippen molar-refractivity contribution in [3.63, 3.8) is 0 Å². The number of β-amino-alcohol motifs (C(OH)–C–C–N with tert-alkyl or cyclic N) is 1. The number of amides is 1. The van der Waals surface area contributed by atoms with E-state index in [2.05, 4.69) is 10.2 Å². The van der Waals surface area contributed by atoms with Crippen molar-refractivity contribution in [3.8, 4) is 17.0 Å². The molecule has 1 aromatic heterocycles. The summed E-state index contributed by atoms with van der Waals surface area (Å²) in [6.45, 7) is 3.93. The molecular formula is C21H21N3O3. The number of aromatic nitrogens is 2. The zero-order valence-corrected chi connectivity index (χ0v) is 15.2. The Hall–Kier alpha value is -3.12. The summed E-state index contributed by atoms with van der Waals surface area (Å²) in [5, 5.41) is 27.3. The third-order valence-electron chi connectivity index (χ3n) is 5.02. The maximum Gasteiger partial charge on any atom is 0.273 e. The lowest BCUT2D eigenvalue weighted by Gasteiger charge is -2.25. The number of nitrogens with zero attached hydrogens (tertiary/aromatic N) is 2. The Morgan fingerprint density at radius 2 is 1.93 bits per heavy atom. The molecule has 0 fully saturated rings. The number of benzene rings is 2. The van der Waals surface area contributed by atoms with Gasteiger partial charge >= 0.3 is 0 Å². The van der Waals surface area contributed by atoms with Gasteiger partial charge in [0, 0.05) is 17.7 Å². The van der Waals surface area contributed by atoms with Gasteiger partial charge in [-0.1, -0.05) is 36.4 Å². The Bertz CT molecular complexity index is 988. The van der Waals surface area contributed by atoms with Crippen molar-refractivity contribution in [2.24, 2.45) is 0 Å². The minimum absolute atomic E-state index is 0.128. The number of hydrogen-bond donors (Lipinski definition) is 3. The molecule has 3 aromatic rings. The molecule has 0 spiro atoms. The van der Waals surface area contributed by atoms with Crippen molar-refractivity contribution in [1.29, 1.82) is 0 Å². The molecular weight excluding hydrogens is 342 g/mol. The SMILES string of the molecule is Cc1cc(C)c(-c2n[nH]c3c2C(c2ccccc2)N(CCO)C3=O)c(O)c1. The molecule has 1 amide bonds. The highest BCUT2D eigenvalue weighted by Gasteiger charge is 2.42. The summed E-state index contributed by atoms with van der Waals surface area (Å²) < 4.78 is 0. The van der Waals surface area contributed by atoms with E-state index in [9.17, 15) is 15.0 Å². The Morgan fingerprint density at radius 3 is 2.59 bits per heavy atom. The third-order valence-corrected chi connectivity index (χ3v) is 5.02. The number of H-pyrrole nitrogens is 1. The smallest absolute Gasteiger partial charge is 0.273 e. The van der Waals surface area contributed by atoms with Crippen LogP contribution in [0.15, 0.2) is 42.5 Å². The van der Waals surface area contributed by atoms with Crippen molar-refractivity contribution in [3.05, 3.63) is 70.4 Å². The normalized spacial score (nSPS) is 16.0. The summed E-state index contributed by atoms with van der Waals surface area (Å²) in [4.78, 5) is 14.6. The van der Waals surface area contributed by atoms with Crippen LogP contribution in [0.3, 0.4) is 0 Å². The molecule has 1 atom stereocenters. The maximum atomic E-state index is 12.9. The lowest BCUT2D eigenvalue weighted by molar-refractivity contribution is 0.0706. The van der Waals surface area contributed by atoms with Crippen LogP contribution in [-0.4, -0.2) is 44.4 Å². The van der Waals surface area contributed by atoms with Gasteiger partial charge in [0.2, 0.25) is 0 Å². The van der Waals surface area contributed by atoms with Gasteiger partial charge in [-0.05, 0) is 36.6 Å². The second-order valence-electron chi connectivity index (χ2n) is 6.87. The summed E-state index contributed by atoms with van der Waals surface area (Å²) in [6, 6.07) is 13.0. The fraction of sp³-hybridized carbons (Fsp3) is 0.238. The molecule has 1 aliphatic rings. The number of fused-ring (bicyclic) bond motifs is 1. The molecule has 0 aliphatic carbocycles. The van der Waals surface area contributed by atoms with Crippen LogP contribution in [0.2, 0.25) is 0 Å². The fourth-order valence-electron chi connectivity index (χ4n) is 3.96. The predicted molar refractivity (Wildman–Crippen MR) is 102 cm³/mol. The van der Waals surface area contributed by atoms with Crippen LogP contribution in [0.25, 0.3) is 11.3 Å². The fourth-order valence-corrected chi connectivity index (χ4v) is 3.96. The first-order valence-corrected chi connectivity index (χ1v) is 8.88. The zero-order valence-electron chi connectivity index (χ0n) is 15.2. The Labute approximate surface area is 157 Å². The van der Waals surface area contributed by atoms with E-state index in [1.165, 1.54) is 0 Å². The largest absolute Gasteiger partial charge is 0.507 e. The van der Waals surface area contributed by atoms with Crippen molar-refractivity contribution in [1.82, 2.24) is 15.1 Å². The monoisotopic (exact) mass is 363 g/mol. The average Bonchev–Trinajstić information content (AvgIpc) is 3.16. The van der Waals surface area contributed by atoms with Crippen LogP contribution < -0.4 is 0 Å². The van der Waals surface area contributed by atoms with Crippen LogP contribution in [0.4, 0.5) is 0 Å². The Kier molecular flexibility index (Phi) is 4.20. The Morgan fingerprint density at radius 1 is 1.19 bits per heavy atom. The number of aromatic hydroxyl groups is 1. The number of nitrogens with one attached hydrogen (secondary N) is 1. The second kappa shape index (κ2) is 6.55. The minimum atomic E-state index is -0.366. The van der Waals surface area contributed by atoms with E-state index < -0.39 is 0 Å². The Balaban J connectivity index is 1.95. The lowest BCUT2D eigenvalue weighted by atomic mass is 9.93. The van der Waals surface area contributed by atoms with Gasteiger partial charge in [-0.3, -0.25) is 9.89 Å². The summed E-state index contributed by atoms with van der Waals surface area (Å²) in [5.41, 5.74) is 5.12. The van der Waals surface area contributed by atoms with Crippen molar-refractivity contribution in [2.75, 3.05) is 13.2 Å². The third kappa shape index (κ3) is 2.69. The number of phenolic OH excluding ortho intramolecular Hbond substituents is 1. The number of phenols is 1. The average molecular weight is 363 g/mol. The predicted octanol–water partition coefficient (Wildman–Crippen LogP) is 2.94. The highest BCUT2D eigenvalue weighted by Crippen LogP contribution is 2.45. The van der Waals surface area contributed by atoms with Gasteiger partial charge in [0.15, 0.2) is 0 Å². The molecule has 1 unspecified atom stereocenters. The van der Waals surface area contributed by atoms with Gasteiger partial charge in [-0.15, -0.1) is 0 Å². The first-order valence-electron chi connectivity index (χ1n) is 8.88. The van der Waals surface area contributed by atoms with E-state index in [0.29, 0.717) is 17.0 Å². The molecule has 3 N–H and O–H groups in total. The summed E-state index contributed by atoms with van der Waals surface area (Å²) in [6.07, 6.45) is 0. The molecule has 0 saturated carbocycles. The number of hydrogen-bond acceptors (Lipinski definition) is 4. The molecule has 0 saturated heterocycles. The first-order chi connectivity index (χ1) is 13.0. The number of rotatable bonds is 4. The lowest BCUT2D eigenvalue weighted by Crippen LogP contribution is -2.32. The van der Waals surface area contributed by atoms with Crippen LogP contribution in [0.5, 0.6) is 5.75 Å². The van der Waals surface area contributed by atoms with Gasteiger partial charge in [0.1, 0.15) is 17.1 Å². The molecule has 0 radical (unpaired) electrons.